The van der Waals surface area contributed by atoms with Crippen molar-refractivity contribution >= 4 is 89.3 Å². The fraction of sp³-hybridized carbons (Fsp3) is 0.536. The highest BCUT2D eigenvalue weighted by atomic mass is 79.9. The second kappa shape index (κ2) is 27.4. The number of Topliss-reactive ketones (excluding diaryl/α,β-unsaturated/α-hetero) is 2. The molecule has 2 aliphatic heterocycles. The van der Waals surface area contributed by atoms with Crippen LogP contribution in [0.5, 0.6) is 0 Å². The molecule has 6 aromatic rings. The molecule has 6 heterocycles. The normalized spacial score (nSPS) is 15.0. The molecule has 3 N–H and O–H groups in total. The maximum absolute atomic E-state index is 13.3. The van der Waals surface area contributed by atoms with Gasteiger partial charge in [-0.05, 0) is 118 Å². The molecule has 0 saturated carbocycles. The Hall–Kier alpha value is -5.10. The van der Waals surface area contributed by atoms with Crippen LogP contribution in [0.4, 0.5) is 14.7 Å². The van der Waals surface area contributed by atoms with Crippen LogP contribution in [0.1, 0.15) is 137 Å². The molecule has 2 atom stereocenters. The number of ketones is 2. The summed E-state index contributed by atoms with van der Waals surface area (Å²) in [6.45, 7) is 21.4. The van der Waals surface area contributed by atoms with Crippen molar-refractivity contribution in [1.82, 2.24) is 35.1 Å². The van der Waals surface area contributed by atoms with Gasteiger partial charge in [-0.15, -0.1) is 11.3 Å². The SMILES string of the molecule is CC(C)(C)OC(=O)N1CCNCC1.CCCCC(CC(=O)c1cnc(Br)s1)Cc1c[nH]c2ccccc12.CCCCC(CC(=O)c1cnc(N2CCN(C(=O)OC(C)(C)C)CC2)s1)Cc1c[nH]c2ccccc12. The molecule has 2 aromatic carbocycles. The summed E-state index contributed by atoms with van der Waals surface area (Å²) >= 11 is 6.23. The van der Waals surface area contributed by atoms with Gasteiger partial charge in [0.1, 0.15) is 11.2 Å². The number of para-hydroxylation sites is 2. The third-order valence-corrected chi connectivity index (χ3v) is 15.4. The second-order valence-electron chi connectivity index (χ2n) is 21.1. The van der Waals surface area contributed by atoms with E-state index in [2.05, 4.69) is 109 Å². The van der Waals surface area contributed by atoms with Gasteiger partial charge in [-0.25, -0.2) is 19.6 Å². The first-order chi connectivity index (χ1) is 34.9. The summed E-state index contributed by atoms with van der Waals surface area (Å²) < 4.78 is 11.5. The van der Waals surface area contributed by atoms with E-state index in [0.29, 0.717) is 50.9 Å². The highest BCUT2D eigenvalue weighted by molar-refractivity contribution is 9.11. The minimum absolute atomic E-state index is 0.173. The third kappa shape index (κ3) is 18.1. The van der Waals surface area contributed by atoms with Crippen molar-refractivity contribution in [3.63, 3.8) is 0 Å². The van der Waals surface area contributed by atoms with E-state index in [1.165, 1.54) is 50.1 Å². The lowest BCUT2D eigenvalue weighted by molar-refractivity contribution is 0.0223. The Kier molecular flexibility index (Phi) is 21.5. The summed E-state index contributed by atoms with van der Waals surface area (Å²) in [6.07, 6.45) is 16.8. The number of fused-ring (bicyclic) bond motifs is 2. The number of H-pyrrole nitrogens is 2. The number of thiazole rings is 2. The third-order valence-electron chi connectivity index (χ3n) is 12.7. The van der Waals surface area contributed by atoms with E-state index in [9.17, 15) is 19.2 Å². The number of aromatic nitrogens is 4. The minimum atomic E-state index is -0.498. The van der Waals surface area contributed by atoms with Crippen LogP contribution in [0.15, 0.2) is 77.2 Å². The molecule has 0 spiro atoms. The van der Waals surface area contributed by atoms with Gasteiger partial charge >= 0.3 is 12.2 Å². The number of hydrogen-bond acceptors (Lipinski definition) is 12. The first-order valence-electron chi connectivity index (χ1n) is 26.0. The van der Waals surface area contributed by atoms with Gasteiger partial charge in [0.05, 0.1) is 22.1 Å². The first kappa shape index (κ1) is 57.2. The van der Waals surface area contributed by atoms with Gasteiger partial charge in [0.2, 0.25) is 0 Å². The number of anilines is 1. The number of amides is 2. The molecule has 8 rings (SSSR count). The minimum Gasteiger partial charge on any atom is -0.444 e. The van der Waals surface area contributed by atoms with Crippen LogP contribution in [-0.4, -0.2) is 117 Å². The number of rotatable bonds is 17. The van der Waals surface area contributed by atoms with Crippen LogP contribution in [0.3, 0.4) is 0 Å². The second-order valence-corrected chi connectivity index (χ2v) is 24.4. The van der Waals surface area contributed by atoms with Crippen molar-refractivity contribution in [2.45, 2.75) is 131 Å². The smallest absolute Gasteiger partial charge is 0.410 e. The summed E-state index contributed by atoms with van der Waals surface area (Å²) in [5.41, 5.74) is 4.02. The molecule has 0 bridgehead atoms. The zero-order valence-corrected chi connectivity index (χ0v) is 47.4. The Balaban J connectivity index is 0.000000201. The van der Waals surface area contributed by atoms with Crippen LogP contribution in [-0.2, 0) is 22.3 Å². The average molecular weight is 1100 g/mol. The number of nitrogens with one attached hydrogen (secondary N) is 3. The van der Waals surface area contributed by atoms with E-state index in [-0.39, 0.29) is 29.4 Å². The van der Waals surface area contributed by atoms with Gasteiger partial charge in [0, 0.05) is 99.4 Å². The predicted molar refractivity (Wildman–Crippen MR) is 301 cm³/mol. The molecule has 2 amide bonds. The molecule has 0 aliphatic carbocycles. The summed E-state index contributed by atoms with van der Waals surface area (Å²) in [6, 6.07) is 16.7. The van der Waals surface area contributed by atoms with Crippen molar-refractivity contribution in [1.29, 1.82) is 0 Å². The number of aromatic amines is 2. The molecular weight excluding hydrogens is 1020 g/mol. The molecular formula is C56H77BrN8O6S2. The van der Waals surface area contributed by atoms with Gasteiger partial charge in [-0.1, -0.05) is 87.3 Å². The summed E-state index contributed by atoms with van der Waals surface area (Å²) in [5, 5.41) is 6.55. The lowest BCUT2D eigenvalue weighted by Gasteiger charge is -2.35. The first-order valence-corrected chi connectivity index (χ1v) is 28.5. The number of hydrogen-bond donors (Lipinski definition) is 3. The summed E-state index contributed by atoms with van der Waals surface area (Å²) in [4.78, 5) is 72.2. The topological polar surface area (TPSA) is 166 Å². The van der Waals surface area contributed by atoms with E-state index in [4.69, 9.17) is 9.47 Å². The van der Waals surface area contributed by atoms with E-state index < -0.39 is 5.60 Å². The molecule has 14 nitrogen and oxygen atoms in total. The Bertz CT molecular complexity index is 2680. The van der Waals surface area contributed by atoms with Crippen molar-refractivity contribution in [2.24, 2.45) is 11.8 Å². The molecule has 2 fully saturated rings. The molecule has 4 aromatic heterocycles. The van der Waals surface area contributed by atoms with E-state index in [1.54, 1.807) is 22.2 Å². The number of carbonyl (C=O) groups excluding carboxylic acids is 4. The Morgan fingerprint density at radius 1 is 0.644 bits per heavy atom. The zero-order valence-electron chi connectivity index (χ0n) is 44.2. The molecule has 2 saturated heterocycles. The monoisotopic (exact) mass is 1100 g/mol. The molecule has 17 heteroatoms. The van der Waals surface area contributed by atoms with Crippen LogP contribution in [0.25, 0.3) is 21.8 Å². The van der Waals surface area contributed by atoms with Crippen LogP contribution < -0.4 is 10.2 Å². The molecule has 2 unspecified atom stereocenters. The fourth-order valence-corrected chi connectivity index (χ4v) is 11.1. The highest BCUT2D eigenvalue weighted by Crippen LogP contribution is 2.31. The maximum Gasteiger partial charge on any atom is 0.410 e. The maximum atomic E-state index is 13.3. The molecule has 0 radical (unpaired) electrons. The van der Waals surface area contributed by atoms with Gasteiger partial charge in [-0.3, -0.25) is 9.59 Å². The van der Waals surface area contributed by atoms with Crippen LogP contribution in [0, 0.1) is 11.8 Å². The number of piperazine rings is 2. The van der Waals surface area contributed by atoms with Crippen molar-refractivity contribution in [3.05, 3.63) is 98.1 Å². The standard InChI is InChI=1S/C28H38N4O3S.C19H21BrN2OS.C9H18N2O2/c1-5-6-9-20(16-21-18-29-23-11-8-7-10-22(21)23)17-24(33)25-19-30-26(36-25)31-12-14-32(15-13-31)27(34)35-28(2,3)4;1-2-3-6-13(10-17(23)18-12-22-19(20)24-18)9-14-11-21-16-8-5-4-7-15(14)16;1-9(2,3)13-8(12)11-6-4-10-5-7-11/h7-8,10-11,18-20,29H,5-6,9,12-17H2,1-4H3;4-5,7-8,11-13,21H,2-3,6,9-10H2,1H3;10H,4-7H2,1-3H3. The Labute approximate surface area is 448 Å². The van der Waals surface area contributed by atoms with Gasteiger partial charge < -0.3 is 39.5 Å². The number of carbonyl (C=O) groups is 4. The number of benzene rings is 2. The van der Waals surface area contributed by atoms with Gasteiger partial charge in [0.25, 0.3) is 0 Å². The fourth-order valence-electron chi connectivity index (χ4n) is 8.99. The number of ether oxygens (including phenoxy) is 2. The van der Waals surface area contributed by atoms with Gasteiger partial charge in [0.15, 0.2) is 20.6 Å². The summed E-state index contributed by atoms with van der Waals surface area (Å²) in [5.74, 6) is 1.06. The number of halogens is 1. The Morgan fingerprint density at radius 3 is 1.55 bits per heavy atom. The Morgan fingerprint density at radius 2 is 1.10 bits per heavy atom. The molecule has 396 valence electrons. The number of unbranched alkanes of at least 4 members (excludes halogenated alkanes) is 2. The van der Waals surface area contributed by atoms with E-state index >= 15 is 0 Å². The zero-order chi connectivity index (χ0) is 52.5. The number of nitrogens with zero attached hydrogens (tertiary/aromatic N) is 5. The lowest BCUT2D eigenvalue weighted by Crippen LogP contribution is -2.50. The lowest BCUT2D eigenvalue weighted by atomic mass is 9.89. The summed E-state index contributed by atoms with van der Waals surface area (Å²) in [7, 11) is 0. The predicted octanol–water partition coefficient (Wildman–Crippen LogP) is 13.1. The van der Waals surface area contributed by atoms with Crippen LogP contribution >= 0.6 is 38.6 Å². The van der Waals surface area contributed by atoms with Crippen molar-refractivity contribution in [2.75, 3.05) is 57.3 Å². The van der Waals surface area contributed by atoms with Gasteiger partial charge in [-0.2, -0.15) is 0 Å². The highest BCUT2D eigenvalue weighted by Gasteiger charge is 2.28. The largest absolute Gasteiger partial charge is 0.444 e. The average Bonchev–Trinajstić information content (AvgIpc) is 4.20. The quantitative estimate of drug-likeness (QED) is 0.0748. The van der Waals surface area contributed by atoms with Crippen molar-refractivity contribution in [3.8, 4) is 0 Å². The van der Waals surface area contributed by atoms with Crippen molar-refractivity contribution < 1.29 is 28.7 Å². The molecule has 2 aliphatic rings. The van der Waals surface area contributed by atoms with E-state index in [0.717, 1.165) is 102 Å². The molecule has 73 heavy (non-hydrogen) atoms. The van der Waals surface area contributed by atoms with Crippen LogP contribution in [0.2, 0.25) is 0 Å². The van der Waals surface area contributed by atoms with E-state index in [1.807, 2.05) is 53.7 Å².